The standard InChI is InChI=1S/C8H13F3N2OS/c1-6-4-13-7(15-6)12-2-3-14-5-8(9,10)11/h6H,2-5H2,1H3,(H,12,13). The Bertz CT molecular complexity index is 232. The first-order chi connectivity index (χ1) is 6.97. The number of rotatable bonds is 4. The van der Waals surface area contributed by atoms with E-state index in [0.29, 0.717) is 11.8 Å². The second-order valence-electron chi connectivity index (χ2n) is 3.17. The lowest BCUT2D eigenvalue weighted by Gasteiger charge is -2.08. The van der Waals surface area contributed by atoms with Crippen molar-refractivity contribution >= 4 is 16.9 Å². The van der Waals surface area contributed by atoms with E-state index >= 15 is 0 Å². The van der Waals surface area contributed by atoms with Crippen molar-refractivity contribution < 1.29 is 17.9 Å². The molecule has 7 heteroatoms. The summed E-state index contributed by atoms with van der Waals surface area (Å²) in [6.45, 7) is 2.01. The van der Waals surface area contributed by atoms with Gasteiger partial charge in [0.1, 0.15) is 6.61 Å². The molecule has 0 fully saturated rings. The molecule has 1 heterocycles. The lowest BCUT2D eigenvalue weighted by atomic mass is 10.5. The monoisotopic (exact) mass is 242 g/mol. The number of alkyl halides is 3. The highest BCUT2D eigenvalue weighted by atomic mass is 32.2. The summed E-state index contributed by atoms with van der Waals surface area (Å²) in [6, 6.07) is 0. The highest BCUT2D eigenvalue weighted by Gasteiger charge is 2.27. The van der Waals surface area contributed by atoms with Crippen LogP contribution in [0.2, 0.25) is 0 Å². The van der Waals surface area contributed by atoms with E-state index in [9.17, 15) is 13.2 Å². The molecule has 15 heavy (non-hydrogen) atoms. The van der Waals surface area contributed by atoms with Gasteiger partial charge in [0.25, 0.3) is 0 Å². The van der Waals surface area contributed by atoms with Crippen molar-refractivity contribution in [1.29, 1.82) is 0 Å². The Morgan fingerprint density at radius 1 is 1.60 bits per heavy atom. The van der Waals surface area contributed by atoms with Gasteiger partial charge in [-0.25, -0.2) is 0 Å². The molecule has 0 radical (unpaired) electrons. The van der Waals surface area contributed by atoms with Crippen molar-refractivity contribution in [2.45, 2.75) is 18.3 Å². The fraction of sp³-hybridized carbons (Fsp3) is 0.875. The molecule has 0 saturated carbocycles. The molecule has 0 aromatic rings. The van der Waals surface area contributed by atoms with Crippen molar-refractivity contribution in [1.82, 2.24) is 5.32 Å². The number of thioether (sulfide) groups is 1. The molecule has 0 saturated heterocycles. The smallest absolute Gasteiger partial charge is 0.370 e. The summed E-state index contributed by atoms with van der Waals surface area (Å²) < 4.78 is 39.4. The topological polar surface area (TPSA) is 33.6 Å². The summed E-state index contributed by atoms with van der Waals surface area (Å²) in [6.07, 6.45) is -4.24. The van der Waals surface area contributed by atoms with Gasteiger partial charge in [0.2, 0.25) is 0 Å². The summed E-state index contributed by atoms with van der Waals surface area (Å²) in [7, 11) is 0. The third-order valence-corrected chi connectivity index (χ3v) is 2.64. The molecule has 88 valence electrons. The maximum Gasteiger partial charge on any atom is 0.411 e. The largest absolute Gasteiger partial charge is 0.411 e. The minimum Gasteiger partial charge on any atom is -0.370 e. The molecule has 1 aliphatic rings. The van der Waals surface area contributed by atoms with Crippen LogP contribution in [0.25, 0.3) is 0 Å². The van der Waals surface area contributed by atoms with Crippen molar-refractivity contribution in [3.05, 3.63) is 0 Å². The van der Waals surface area contributed by atoms with Crippen molar-refractivity contribution in [3.63, 3.8) is 0 Å². The Morgan fingerprint density at radius 2 is 2.33 bits per heavy atom. The van der Waals surface area contributed by atoms with Crippen LogP contribution >= 0.6 is 11.8 Å². The average Bonchev–Trinajstić information content (AvgIpc) is 2.49. The van der Waals surface area contributed by atoms with E-state index in [2.05, 4.69) is 15.0 Å². The van der Waals surface area contributed by atoms with Gasteiger partial charge in [-0.05, 0) is 0 Å². The van der Waals surface area contributed by atoms with Crippen molar-refractivity contribution in [2.24, 2.45) is 4.99 Å². The second-order valence-corrected chi connectivity index (χ2v) is 4.60. The Kier molecular flexibility index (Phi) is 4.72. The number of halogens is 3. The minimum atomic E-state index is -4.24. The fourth-order valence-electron chi connectivity index (χ4n) is 0.992. The SMILES string of the molecule is CC1CN=C(NCCOCC(F)(F)F)S1. The van der Waals surface area contributed by atoms with Crippen molar-refractivity contribution in [3.8, 4) is 0 Å². The Hall–Kier alpha value is -0.430. The van der Waals surface area contributed by atoms with E-state index in [0.717, 1.165) is 11.7 Å². The molecule has 1 aliphatic heterocycles. The van der Waals surface area contributed by atoms with Crippen LogP contribution in [-0.4, -0.2) is 42.9 Å². The first-order valence-electron chi connectivity index (χ1n) is 4.57. The van der Waals surface area contributed by atoms with E-state index in [4.69, 9.17) is 0 Å². The third kappa shape index (κ3) is 5.88. The molecule has 0 amide bonds. The van der Waals surface area contributed by atoms with E-state index in [-0.39, 0.29) is 6.61 Å². The number of hydrogen-bond donors (Lipinski definition) is 1. The molecule has 1 unspecified atom stereocenters. The van der Waals surface area contributed by atoms with Crippen LogP contribution in [0.5, 0.6) is 0 Å². The first-order valence-corrected chi connectivity index (χ1v) is 5.45. The van der Waals surface area contributed by atoms with Gasteiger partial charge in [0.05, 0.1) is 13.2 Å². The zero-order valence-corrected chi connectivity index (χ0v) is 9.12. The lowest BCUT2D eigenvalue weighted by molar-refractivity contribution is -0.173. The van der Waals surface area contributed by atoms with E-state index < -0.39 is 12.8 Å². The lowest BCUT2D eigenvalue weighted by Crippen LogP contribution is -2.26. The molecule has 0 bridgehead atoms. The zero-order chi connectivity index (χ0) is 11.3. The predicted molar refractivity (Wildman–Crippen MR) is 54.2 cm³/mol. The summed E-state index contributed by atoms with van der Waals surface area (Å²) in [5, 5.41) is 4.16. The highest BCUT2D eigenvalue weighted by Crippen LogP contribution is 2.18. The van der Waals surface area contributed by atoms with Gasteiger partial charge >= 0.3 is 6.18 Å². The highest BCUT2D eigenvalue weighted by molar-refractivity contribution is 8.14. The molecule has 3 nitrogen and oxygen atoms in total. The zero-order valence-electron chi connectivity index (χ0n) is 8.30. The predicted octanol–water partition coefficient (Wildman–Crippen LogP) is 1.65. The van der Waals surface area contributed by atoms with E-state index in [1.807, 2.05) is 6.92 Å². The van der Waals surface area contributed by atoms with Gasteiger partial charge in [-0.1, -0.05) is 18.7 Å². The summed E-state index contributed by atoms with van der Waals surface area (Å²) in [5.74, 6) is 0. The Morgan fingerprint density at radius 3 is 2.87 bits per heavy atom. The normalized spacial score (nSPS) is 21.6. The van der Waals surface area contributed by atoms with Gasteiger partial charge in [-0.2, -0.15) is 13.2 Å². The maximum atomic E-state index is 11.7. The number of ether oxygens (including phenoxy) is 1. The van der Waals surface area contributed by atoms with Crippen molar-refractivity contribution in [2.75, 3.05) is 26.3 Å². The molecule has 1 atom stereocenters. The quantitative estimate of drug-likeness (QED) is 0.761. The van der Waals surface area contributed by atoms with Crippen LogP contribution in [0.15, 0.2) is 4.99 Å². The number of hydrogen-bond acceptors (Lipinski definition) is 4. The van der Waals surface area contributed by atoms with Crippen LogP contribution in [0.4, 0.5) is 13.2 Å². The molecule has 1 rings (SSSR count). The van der Waals surface area contributed by atoms with Crippen LogP contribution in [0.3, 0.4) is 0 Å². The maximum absolute atomic E-state index is 11.7. The van der Waals surface area contributed by atoms with Crippen LogP contribution in [0.1, 0.15) is 6.92 Å². The second kappa shape index (κ2) is 5.60. The van der Waals surface area contributed by atoms with Gasteiger partial charge < -0.3 is 10.1 Å². The van der Waals surface area contributed by atoms with Gasteiger partial charge in [0, 0.05) is 11.8 Å². The molecule has 0 spiro atoms. The molecule has 0 aromatic heterocycles. The fourth-order valence-corrected chi connectivity index (χ4v) is 1.86. The van der Waals surface area contributed by atoms with Gasteiger partial charge in [-0.15, -0.1) is 0 Å². The number of nitrogens with one attached hydrogen (secondary N) is 1. The minimum absolute atomic E-state index is 0.0352. The summed E-state index contributed by atoms with van der Waals surface area (Å²) in [4.78, 5) is 4.15. The van der Waals surface area contributed by atoms with E-state index in [1.54, 1.807) is 11.8 Å². The number of aliphatic imine (C=N–C) groups is 1. The summed E-state index contributed by atoms with van der Waals surface area (Å²) >= 11 is 1.59. The molecule has 0 aliphatic carbocycles. The van der Waals surface area contributed by atoms with Crippen LogP contribution < -0.4 is 5.32 Å². The van der Waals surface area contributed by atoms with Crippen LogP contribution in [-0.2, 0) is 4.74 Å². The Balaban J connectivity index is 1.98. The molecule has 1 N–H and O–H groups in total. The Labute approximate surface area is 90.5 Å². The third-order valence-electron chi connectivity index (χ3n) is 1.59. The number of amidine groups is 1. The first kappa shape index (κ1) is 12.6. The molecular formula is C8H13F3N2OS. The van der Waals surface area contributed by atoms with E-state index in [1.165, 1.54) is 0 Å². The average molecular weight is 242 g/mol. The molecular weight excluding hydrogens is 229 g/mol. The molecule has 0 aromatic carbocycles. The van der Waals surface area contributed by atoms with Gasteiger partial charge in [-0.3, -0.25) is 4.99 Å². The van der Waals surface area contributed by atoms with Crippen LogP contribution in [0, 0.1) is 0 Å². The summed E-state index contributed by atoms with van der Waals surface area (Å²) in [5.41, 5.74) is 0. The van der Waals surface area contributed by atoms with Gasteiger partial charge in [0.15, 0.2) is 5.17 Å². The number of nitrogens with zero attached hydrogens (tertiary/aromatic N) is 1.